The minimum atomic E-state index is -0.451. The highest BCUT2D eigenvalue weighted by atomic mass is 19.1. The van der Waals surface area contributed by atoms with E-state index >= 15 is 0 Å². The first kappa shape index (κ1) is 17.9. The van der Waals surface area contributed by atoms with Crippen LogP contribution in [0.15, 0.2) is 36.4 Å². The number of hydrogen-bond donors (Lipinski definition) is 2. The van der Waals surface area contributed by atoms with Crippen molar-refractivity contribution in [2.75, 3.05) is 16.8 Å². The van der Waals surface area contributed by atoms with Gasteiger partial charge < -0.3 is 15.5 Å². The van der Waals surface area contributed by atoms with Crippen LogP contribution in [0.2, 0.25) is 0 Å². The Bertz CT molecular complexity index is 866. The highest BCUT2D eigenvalue weighted by molar-refractivity contribution is 5.97. The molecule has 1 fully saturated rings. The van der Waals surface area contributed by atoms with E-state index in [0.29, 0.717) is 17.8 Å². The topological polar surface area (TPSA) is 61.4 Å². The molecule has 0 aromatic heterocycles. The summed E-state index contributed by atoms with van der Waals surface area (Å²) in [6.45, 7) is 6.10. The molecule has 0 saturated carbocycles. The first-order chi connectivity index (χ1) is 12.3. The van der Waals surface area contributed by atoms with Crippen molar-refractivity contribution < 1.29 is 14.0 Å². The van der Waals surface area contributed by atoms with Gasteiger partial charge in [-0.2, -0.15) is 0 Å². The molecule has 0 aliphatic carbocycles. The molecule has 2 N–H and O–H groups in total. The lowest BCUT2D eigenvalue weighted by Crippen LogP contribution is -2.39. The molecule has 1 aliphatic heterocycles. The van der Waals surface area contributed by atoms with Crippen LogP contribution in [0.3, 0.4) is 0 Å². The Morgan fingerprint density at radius 1 is 1.08 bits per heavy atom. The minimum Gasteiger partial charge on any atom is -0.333 e. The fraction of sp³-hybridized carbons (Fsp3) is 0.300. The van der Waals surface area contributed by atoms with E-state index in [2.05, 4.69) is 10.6 Å². The summed E-state index contributed by atoms with van der Waals surface area (Å²) >= 11 is 0. The zero-order valence-electron chi connectivity index (χ0n) is 15.1. The normalized spacial score (nSPS) is 16.7. The molecule has 0 unspecified atom stereocenters. The van der Waals surface area contributed by atoms with Gasteiger partial charge in [0.05, 0.1) is 6.04 Å². The molecule has 1 aliphatic rings. The number of rotatable bonds is 3. The highest BCUT2D eigenvalue weighted by Crippen LogP contribution is 2.24. The van der Waals surface area contributed by atoms with Crippen LogP contribution in [0.4, 0.5) is 20.6 Å². The summed E-state index contributed by atoms with van der Waals surface area (Å²) < 4.78 is 13.6. The first-order valence-electron chi connectivity index (χ1n) is 8.55. The van der Waals surface area contributed by atoms with E-state index in [1.807, 2.05) is 32.0 Å². The number of hydrogen-bond acceptors (Lipinski definition) is 2. The molecule has 0 bridgehead atoms. The molecule has 3 rings (SSSR count). The van der Waals surface area contributed by atoms with Crippen LogP contribution in [0, 0.1) is 26.6 Å². The molecule has 1 atom stereocenters. The molecular weight excluding hydrogens is 333 g/mol. The van der Waals surface area contributed by atoms with Crippen LogP contribution in [0.25, 0.3) is 0 Å². The third-order valence-electron chi connectivity index (χ3n) is 4.69. The average molecular weight is 355 g/mol. The zero-order chi connectivity index (χ0) is 18.8. The fourth-order valence-electron chi connectivity index (χ4n) is 2.97. The number of aryl methyl sites for hydroxylation is 3. The number of benzene rings is 2. The van der Waals surface area contributed by atoms with Gasteiger partial charge in [-0.05, 0) is 61.7 Å². The van der Waals surface area contributed by atoms with Gasteiger partial charge in [0.1, 0.15) is 5.82 Å². The Morgan fingerprint density at radius 3 is 2.50 bits per heavy atom. The van der Waals surface area contributed by atoms with Gasteiger partial charge in [0.15, 0.2) is 0 Å². The van der Waals surface area contributed by atoms with Gasteiger partial charge >= 0.3 is 6.03 Å². The average Bonchev–Trinajstić information content (AvgIpc) is 2.93. The summed E-state index contributed by atoms with van der Waals surface area (Å²) in [4.78, 5) is 26.1. The van der Waals surface area contributed by atoms with E-state index < -0.39 is 6.03 Å². The van der Waals surface area contributed by atoms with E-state index in [-0.39, 0.29) is 24.2 Å². The molecule has 2 aromatic rings. The fourth-order valence-corrected chi connectivity index (χ4v) is 2.97. The number of carbonyl (C=O) groups excluding carboxylic acids is 2. The van der Waals surface area contributed by atoms with Gasteiger partial charge in [-0.3, -0.25) is 4.79 Å². The van der Waals surface area contributed by atoms with Crippen molar-refractivity contribution >= 4 is 23.3 Å². The Balaban J connectivity index is 1.62. The van der Waals surface area contributed by atoms with Gasteiger partial charge in [0.25, 0.3) is 0 Å². The summed E-state index contributed by atoms with van der Waals surface area (Å²) in [5.41, 5.74) is 4.01. The molecule has 1 saturated heterocycles. The van der Waals surface area contributed by atoms with Crippen molar-refractivity contribution in [3.63, 3.8) is 0 Å². The minimum absolute atomic E-state index is 0.0278. The summed E-state index contributed by atoms with van der Waals surface area (Å²) in [6.07, 6.45) is 0.239. The van der Waals surface area contributed by atoms with E-state index in [1.54, 1.807) is 24.0 Å². The number of urea groups is 1. The zero-order valence-corrected chi connectivity index (χ0v) is 15.1. The predicted octanol–water partition coefficient (Wildman–Crippen LogP) is 3.68. The Morgan fingerprint density at radius 2 is 1.81 bits per heavy atom. The summed E-state index contributed by atoms with van der Waals surface area (Å²) in [5.74, 6) is -0.403. The summed E-state index contributed by atoms with van der Waals surface area (Å²) in [5, 5.41) is 5.39. The van der Waals surface area contributed by atoms with Crippen LogP contribution in [0.1, 0.15) is 23.1 Å². The second kappa shape index (κ2) is 7.15. The largest absolute Gasteiger partial charge is 0.333 e. The first-order valence-corrected chi connectivity index (χ1v) is 8.55. The van der Waals surface area contributed by atoms with Gasteiger partial charge in [0.2, 0.25) is 5.91 Å². The number of anilines is 2. The molecule has 5 nitrogen and oxygen atoms in total. The molecule has 26 heavy (non-hydrogen) atoms. The lowest BCUT2D eigenvalue weighted by atomic mass is 10.1. The van der Waals surface area contributed by atoms with E-state index in [4.69, 9.17) is 0 Å². The maximum Gasteiger partial charge on any atom is 0.319 e. The summed E-state index contributed by atoms with van der Waals surface area (Å²) in [7, 11) is 0. The Hall–Kier alpha value is -2.89. The Kier molecular flexibility index (Phi) is 4.93. The van der Waals surface area contributed by atoms with E-state index in [0.717, 1.165) is 11.3 Å². The molecule has 6 heteroatoms. The highest BCUT2D eigenvalue weighted by Gasteiger charge is 2.31. The Labute approximate surface area is 152 Å². The van der Waals surface area contributed by atoms with Crippen molar-refractivity contribution in [1.82, 2.24) is 5.32 Å². The number of nitrogens with zero attached hydrogens (tertiary/aromatic N) is 1. The molecule has 136 valence electrons. The maximum atomic E-state index is 13.6. The van der Waals surface area contributed by atoms with Crippen LogP contribution < -0.4 is 15.5 Å². The maximum absolute atomic E-state index is 13.6. The quantitative estimate of drug-likeness (QED) is 0.882. The molecule has 0 radical (unpaired) electrons. The molecule has 3 amide bonds. The lowest BCUT2D eigenvalue weighted by Gasteiger charge is -2.18. The standard InChI is InChI=1S/C20H22FN3O2/c1-12-5-7-17(8-14(12)3)24-11-16(10-19(24)25)23-20(26)22-15-6-4-13(2)18(21)9-15/h4-9,16H,10-11H2,1-3H3,(H2,22,23,26)/t16-/m1/s1. The molecule has 1 heterocycles. The number of nitrogens with one attached hydrogen (secondary N) is 2. The van der Waals surface area contributed by atoms with Gasteiger partial charge in [-0.25, -0.2) is 9.18 Å². The van der Waals surface area contributed by atoms with Gasteiger partial charge in [-0.1, -0.05) is 12.1 Å². The van der Waals surface area contributed by atoms with Crippen LogP contribution >= 0.6 is 0 Å². The van der Waals surface area contributed by atoms with Crippen molar-refractivity contribution in [3.8, 4) is 0 Å². The van der Waals surface area contributed by atoms with Crippen LogP contribution in [-0.4, -0.2) is 24.5 Å². The molecular formula is C20H22FN3O2. The van der Waals surface area contributed by atoms with Crippen LogP contribution in [-0.2, 0) is 4.79 Å². The van der Waals surface area contributed by atoms with Crippen LogP contribution in [0.5, 0.6) is 0 Å². The van der Waals surface area contributed by atoms with Crippen molar-refractivity contribution in [2.24, 2.45) is 0 Å². The van der Waals surface area contributed by atoms with Gasteiger partial charge in [0, 0.05) is 24.3 Å². The number of halogens is 1. The second-order valence-electron chi connectivity index (χ2n) is 6.74. The van der Waals surface area contributed by atoms with Crippen molar-refractivity contribution in [1.29, 1.82) is 0 Å². The third-order valence-corrected chi connectivity index (χ3v) is 4.69. The second-order valence-corrected chi connectivity index (χ2v) is 6.74. The number of amides is 3. The molecule has 0 spiro atoms. The lowest BCUT2D eigenvalue weighted by molar-refractivity contribution is -0.117. The van der Waals surface area contributed by atoms with Crippen molar-refractivity contribution in [2.45, 2.75) is 33.2 Å². The van der Waals surface area contributed by atoms with Gasteiger partial charge in [-0.15, -0.1) is 0 Å². The number of carbonyl (C=O) groups is 2. The van der Waals surface area contributed by atoms with Crippen molar-refractivity contribution in [3.05, 3.63) is 58.9 Å². The predicted molar refractivity (Wildman–Crippen MR) is 100.0 cm³/mol. The third kappa shape index (κ3) is 3.85. The monoisotopic (exact) mass is 355 g/mol. The van der Waals surface area contributed by atoms with E-state index in [1.165, 1.54) is 11.6 Å². The smallest absolute Gasteiger partial charge is 0.319 e. The van der Waals surface area contributed by atoms with E-state index in [9.17, 15) is 14.0 Å². The molecule has 2 aromatic carbocycles. The summed E-state index contributed by atoms with van der Waals surface area (Å²) in [6, 6.07) is 9.65. The SMILES string of the molecule is Cc1ccc(N2C[C@H](NC(=O)Nc3ccc(C)c(F)c3)CC2=O)cc1C.